The second kappa shape index (κ2) is 9.57. The van der Waals surface area contributed by atoms with Crippen LogP contribution in [0, 0.1) is 6.92 Å². The molecular formula is C26H28N8O3. The average molecular weight is 501 g/mol. The molecule has 1 saturated heterocycles. The summed E-state index contributed by atoms with van der Waals surface area (Å²) in [6.07, 6.45) is 7.46. The first kappa shape index (κ1) is 24.3. The van der Waals surface area contributed by atoms with Crippen molar-refractivity contribution in [2.24, 2.45) is 0 Å². The van der Waals surface area contributed by atoms with E-state index < -0.39 is 17.7 Å². The third-order valence-electron chi connectivity index (χ3n) is 5.81. The molecule has 1 N–H and O–H groups in total. The van der Waals surface area contributed by atoms with Crippen LogP contribution < -0.4 is 10.2 Å². The average Bonchev–Trinajstić information content (AvgIpc) is 3.28. The number of nitrogens with one attached hydrogen (secondary N) is 1. The van der Waals surface area contributed by atoms with Crippen molar-refractivity contribution in [2.45, 2.75) is 52.2 Å². The third-order valence-corrected chi connectivity index (χ3v) is 5.81. The molecule has 4 aromatic rings. The molecule has 0 spiro atoms. The van der Waals surface area contributed by atoms with Crippen LogP contribution in [0.25, 0.3) is 28.1 Å². The SMILES string of the molecule is Cc1cncc(-c2cc3c(cn2)cnn3-c2cccc(N3CCCC(NC(=O)OC(C)(C)C)C3=O)n2)n1. The summed E-state index contributed by atoms with van der Waals surface area (Å²) in [5.74, 6) is 0.812. The zero-order valence-electron chi connectivity index (χ0n) is 21.2. The lowest BCUT2D eigenvalue weighted by molar-refractivity contribution is -0.121. The predicted octanol–water partition coefficient (Wildman–Crippen LogP) is 3.60. The van der Waals surface area contributed by atoms with Gasteiger partial charge >= 0.3 is 6.09 Å². The van der Waals surface area contributed by atoms with Crippen LogP contribution in [-0.2, 0) is 9.53 Å². The van der Waals surface area contributed by atoms with E-state index in [-0.39, 0.29) is 5.91 Å². The highest BCUT2D eigenvalue weighted by Gasteiger charge is 2.33. The number of piperidine rings is 1. The fourth-order valence-corrected chi connectivity index (χ4v) is 4.20. The Hall–Kier alpha value is -4.41. The van der Waals surface area contributed by atoms with Crippen molar-refractivity contribution in [1.82, 2.24) is 35.0 Å². The number of ether oxygens (including phenoxy) is 1. The lowest BCUT2D eigenvalue weighted by Gasteiger charge is -2.32. The molecule has 4 aromatic heterocycles. The first-order valence-corrected chi connectivity index (χ1v) is 12.1. The van der Waals surface area contributed by atoms with Gasteiger partial charge in [0.1, 0.15) is 23.2 Å². The summed E-state index contributed by atoms with van der Waals surface area (Å²) < 4.78 is 7.03. The second-order valence-corrected chi connectivity index (χ2v) is 9.92. The minimum Gasteiger partial charge on any atom is -0.444 e. The van der Waals surface area contributed by atoms with Crippen molar-refractivity contribution in [2.75, 3.05) is 11.4 Å². The van der Waals surface area contributed by atoms with Gasteiger partial charge in [-0.15, -0.1) is 0 Å². The van der Waals surface area contributed by atoms with Gasteiger partial charge in [0.2, 0.25) is 0 Å². The van der Waals surface area contributed by atoms with Crippen molar-refractivity contribution < 1.29 is 14.3 Å². The molecular weight excluding hydrogens is 472 g/mol. The number of amides is 2. The highest BCUT2D eigenvalue weighted by Crippen LogP contribution is 2.25. The number of carbonyl (C=O) groups is 2. The van der Waals surface area contributed by atoms with Crippen LogP contribution in [0.1, 0.15) is 39.3 Å². The van der Waals surface area contributed by atoms with E-state index in [4.69, 9.17) is 9.72 Å². The number of alkyl carbamates (subject to hydrolysis) is 1. The van der Waals surface area contributed by atoms with Gasteiger partial charge in [-0.05, 0) is 58.7 Å². The molecule has 1 aliphatic heterocycles. The maximum Gasteiger partial charge on any atom is 0.408 e. The number of pyridine rings is 2. The number of aromatic nitrogens is 6. The Balaban J connectivity index is 1.42. The third kappa shape index (κ3) is 5.25. The minimum absolute atomic E-state index is 0.225. The van der Waals surface area contributed by atoms with Gasteiger partial charge < -0.3 is 10.1 Å². The van der Waals surface area contributed by atoms with Crippen molar-refractivity contribution >= 4 is 28.7 Å². The predicted molar refractivity (Wildman–Crippen MR) is 137 cm³/mol. The minimum atomic E-state index is -0.677. The first-order valence-electron chi connectivity index (χ1n) is 12.1. The number of nitrogens with zero attached hydrogens (tertiary/aromatic N) is 7. The molecule has 0 aromatic carbocycles. The van der Waals surface area contributed by atoms with Gasteiger partial charge in [-0.1, -0.05) is 6.07 Å². The number of fused-ring (bicyclic) bond motifs is 1. The molecule has 37 heavy (non-hydrogen) atoms. The molecule has 190 valence electrons. The molecule has 1 fully saturated rings. The number of carbonyl (C=O) groups excluding carboxylic acids is 2. The largest absolute Gasteiger partial charge is 0.444 e. The van der Waals surface area contributed by atoms with E-state index in [1.807, 2.05) is 25.1 Å². The molecule has 1 aliphatic rings. The van der Waals surface area contributed by atoms with Crippen LogP contribution in [0.4, 0.5) is 10.6 Å². The summed E-state index contributed by atoms with van der Waals surface area (Å²) in [4.78, 5) is 45.1. The van der Waals surface area contributed by atoms with Gasteiger partial charge in [0.15, 0.2) is 5.82 Å². The fourth-order valence-electron chi connectivity index (χ4n) is 4.20. The summed E-state index contributed by atoms with van der Waals surface area (Å²) in [5, 5.41) is 8.05. The maximum absolute atomic E-state index is 13.2. The number of hydrogen-bond donors (Lipinski definition) is 1. The van der Waals surface area contributed by atoms with Crippen LogP contribution in [-0.4, -0.2) is 59.9 Å². The fraction of sp³-hybridized carbons (Fsp3) is 0.346. The normalized spacial score (nSPS) is 16.2. The standard InChI is InChI=1S/C26H28N8O3/c1-16-12-27-15-20(30-16)19-11-21-17(13-28-19)14-29-34(21)23-9-5-8-22(32-23)33-10-6-7-18(24(33)35)31-25(36)37-26(2,3)4/h5,8-9,11-15,18H,6-7,10H2,1-4H3,(H,31,36). The number of anilines is 1. The van der Waals surface area contributed by atoms with Gasteiger partial charge in [-0.3, -0.25) is 19.7 Å². The van der Waals surface area contributed by atoms with Crippen LogP contribution in [0.3, 0.4) is 0 Å². The molecule has 1 atom stereocenters. The zero-order valence-corrected chi connectivity index (χ0v) is 21.2. The highest BCUT2D eigenvalue weighted by atomic mass is 16.6. The monoisotopic (exact) mass is 500 g/mol. The number of hydrogen-bond acceptors (Lipinski definition) is 8. The Bertz CT molecular complexity index is 1480. The van der Waals surface area contributed by atoms with E-state index in [0.717, 1.165) is 23.0 Å². The van der Waals surface area contributed by atoms with Crippen molar-refractivity contribution in [1.29, 1.82) is 0 Å². The van der Waals surface area contributed by atoms with Crippen molar-refractivity contribution in [3.8, 4) is 17.2 Å². The van der Waals surface area contributed by atoms with E-state index >= 15 is 0 Å². The maximum atomic E-state index is 13.2. The van der Waals surface area contributed by atoms with Crippen LogP contribution in [0.2, 0.25) is 0 Å². The summed E-state index contributed by atoms with van der Waals surface area (Å²) in [7, 11) is 0. The molecule has 0 bridgehead atoms. The molecule has 5 heterocycles. The van der Waals surface area contributed by atoms with Crippen molar-refractivity contribution in [3.63, 3.8) is 0 Å². The van der Waals surface area contributed by atoms with E-state index in [1.165, 1.54) is 0 Å². The zero-order chi connectivity index (χ0) is 26.2. The molecule has 11 heteroatoms. The molecule has 0 aliphatic carbocycles. The molecule has 5 rings (SSSR count). The smallest absolute Gasteiger partial charge is 0.408 e. The van der Waals surface area contributed by atoms with E-state index in [0.29, 0.717) is 36.0 Å². The van der Waals surface area contributed by atoms with Gasteiger partial charge in [0.25, 0.3) is 5.91 Å². The second-order valence-electron chi connectivity index (χ2n) is 9.92. The molecule has 11 nitrogen and oxygen atoms in total. The quantitative estimate of drug-likeness (QED) is 0.450. The van der Waals surface area contributed by atoms with Gasteiger partial charge in [-0.25, -0.2) is 19.4 Å². The Morgan fingerprint density at radius 1 is 1.08 bits per heavy atom. The molecule has 2 amide bonds. The summed E-state index contributed by atoms with van der Waals surface area (Å²) in [6.45, 7) is 7.72. The Morgan fingerprint density at radius 3 is 2.68 bits per heavy atom. The molecule has 0 radical (unpaired) electrons. The number of rotatable bonds is 4. The topological polar surface area (TPSA) is 128 Å². The van der Waals surface area contributed by atoms with Crippen LogP contribution in [0.5, 0.6) is 0 Å². The van der Waals surface area contributed by atoms with Crippen molar-refractivity contribution in [3.05, 3.63) is 54.7 Å². The lowest BCUT2D eigenvalue weighted by atomic mass is 10.0. The van der Waals surface area contributed by atoms with E-state index in [1.54, 1.807) is 61.2 Å². The van der Waals surface area contributed by atoms with Crippen LogP contribution >= 0.6 is 0 Å². The highest BCUT2D eigenvalue weighted by molar-refractivity contribution is 5.98. The van der Waals surface area contributed by atoms with E-state index in [2.05, 4.69) is 25.4 Å². The number of aryl methyl sites for hydroxylation is 1. The Labute approximate surface area is 213 Å². The van der Waals surface area contributed by atoms with Crippen LogP contribution in [0.15, 0.2) is 49.1 Å². The van der Waals surface area contributed by atoms with Gasteiger partial charge in [-0.2, -0.15) is 5.10 Å². The molecule has 1 unspecified atom stereocenters. The Morgan fingerprint density at radius 2 is 1.89 bits per heavy atom. The first-order chi connectivity index (χ1) is 17.7. The lowest BCUT2D eigenvalue weighted by Crippen LogP contribution is -2.53. The summed E-state index contributed by atoms with van der Waals surface area (Å²) in [5.41, 5.74) is 2.29. The van der Waals surface area contributed by atoms with Gasteiger partial charge in [0.05, 0.1) is 29.3 Å². The summed E-state index contributed by atoms with van der Waals surface area (Å²) in [6, 6.07) is 6.65. The molecule has 0 saturated carbocycles. The Kier molecular flexibility index (Phi) is 6.28. The van der Waals surface area contributed by atoms with Gasteiger partial charge in [0, 0.05) is 24.3 Å². The summed E-state index contributed by atoms with van der Waals surface area (Å²) >= 11 is 0. The van der Waals surface area contributed by atoms with E-state index in [9.17, 15) is 9.59 Å².